The van der Waals surface area contributed by atoms with E-state index in [9.17, 15) is 5.11 Å². The van der Waals surface area contributed by atoms with Crippen molar-refractivity contribution < 1.29 is 9.84 Å². The number of aromatic nitrogens is 8. The monoisotopic (exact) mass is 452 g/mol. The van der Waals surface area contributed by atoms with Crippen LogP contribution in [0.2, 0.25) is 0 Å². The molecule has 0 aliphatic heterocycles. The molecule has 0 spiro atoms. The number of fused-ring (bicyclic) bond motifs is 2. The summed E-state index contributed by atoms with van der Waals surface area (Å²) < 4.78 is 7.03. The van der Waals surface area contributed by atoms with Crippen LogP contribution in [-0.4, -0.2) is 52.1 Å². The van der Waals surface area contributed by atoms with Crippen molar-refractivity contribution in [1.82, 2.24) is 39.9 Å². The molecule has 0 saturated heterocycles. The number of hydrogen-bond acceptors (Lipinski definition) is 7. The van der Waals surface area contributed by atoms with E-state index in [2.05, 4.69) is 25.3 Å². The molecule has 0 aliphatic rings. The van der Waals surface area contributed by atoms with E-state index >= 15 is 0 Å². The molecule has 5 heterocycles. The standard InChI is InChI=1S/C24H20N8O2/c1-32-11-15(19(12-33)31-32)16-6-7-18-22(26-16)23(30-29-18)24-27-17-8-9-25-20(21(17)28-24)13-4-3-5-14(10-13)34-2/h3-11,33H,12H2,1-2H3,(H,27,28)(H,29,30). The first-order valence-corrected chi connectivity index (χ1v) is 10.6. The number of nitrogens with zero attached hydrogens (tertiary/aromatic N) is 6. The maximum absolute atomic E-state index is 9.68. The number of nitrogens with one attached hydrogen (secondary N) is 2. The molecule has 6 rings (SSSR count). The number of aromatic amines is 2. The first-order valence-electron chi connectivity index (χ1n) is 10.6. The van der Waals surface area contributed by atoms with Gasteiger partial charge in [-0.05, 0) is 30.3 Å². The van der Waals surface area contributed by atoms with Gasteiger partial charge in [-0.15, -0.1) is 0 Å². The Morgan fingerprint density at radius 3 is 2.76 bits per heavy atom. The van der Waals surface area contributed by atoms with Gasteiger partial charge in [0, 0.05) is 30.6 Å². The van der Waals surface area contributed by atoms with Crippen LogP contribution < -0.4 is 4.74 Å². The second-order valence-electron chi connectivity index (χ2n) is 7.86. The number of methoxy groups -OCH3 is 1. The van der Waals surface area contributed by atoms with Crippen molar-refractivity contribution in [2.75, 3.05) is 7.11 Å². The molecule has 0 unspecified atom stereocenters. The van der Waals surface area contributed by atoms with Gasteiger partial charge in [0.2, 0.25) is 0 Å². The molecule has 0 saturated carbocycles. The fourth-order valence-corrected chi connectivity index (χ4v) is 4.11. The van der Waals surface area contributed by atoms with Gasteiger partial charge in [-0.2, -0.15) is 10.2 Å². The van der Waals surface area contributed by atoms with Gasteiger partial charge in [0.25, 0.3) is 0 Å². The topological polar surface area (TPSA) is 130 Å². The van der Waals surface area contributed by atoms with Gasteiger partial charge in [0.1, 0.15) is 16.8 Å². The van der Waals surface area contributed by atoms with E-state index in [-0.39, 0.29) is 6.61 Å². The van der Waals surface area contributed by atoms with E-state index in [4.69, 9.17) is 14.7 Å². The molecule has 10 heteroatoms. The van der Waals surface area contributed by atoms with Crippen LogP contribution in [0, 0.1) is 0 Å². The summed E-state index contributed by atoms with van der Waals surface area (Å²) in [5.74, 6) is 1.33. The third-order valence-electron chi connectivity index (χ3n) is 5.71. The summed E-state index contributed by atoms with van der Waals surface area (Å²) in [7, 11) is 3.45. The van der Waals surface area contributed by atoms with E-state index in [1.165, 1.54) is 0 Å². The van der Waals surface area contributed by atoms with Gasteiger partial charge in [0.15, 0.2) is 11.5 Å². The minimum atomic E-state index is -0.169. The van der Waals surface area contributed by atoms with Crippen LogP contribution in [-0.2, 0) is 13.7 Å². The lowest BCUT2D eigenvalue weighted by Gasteiger charge is -2.04. The highest BCUT2D eigenvalue weighted by molar-refractivity contribution is 5.95. The highest BCUT2D eigenvalue weighted by atomic mass is 16.5. The molecule has 0 radical (unpaired) electrons. The lowest BCUT2D eigenvalue weighted by Crippen LogP contribution is -1.92. The zero-order valence-corrected chi connectivity index (χ0v) is 18.4. The zero-order chi connectivity index (χ0) is 23.2. The van der Waals surface area contributed by atoms with Crippen molar-refractivity contribution in [2.45, 2.75) is 6.61 Å². The minimum Gasteiger partial charge on any atom is -0.497 e. The second kappa shape index (κ2) is 7.78. The van der Waals surface area contributed by atoms with Gasteiger partial charge in [-0.3, -0.25) is 14.8 Å². The molecule has 3 N–H and O–H groups in total. The molecule has 34 heavy (non-hydrogen) atoms. The first-order chi connectivity index (χ1) is 16.6. The summed E-state index contributed by atoms with van der Waals surface area (Å²) in [4.78, 5) is 17.6. The molecule has 0 bridgehead atoms. The highest BCUT2D eigenvalue weighted by Crippen LogP contribution is 2.32. The van der Waals surface area contributed by atoms with Crippen molar-refractivity contribution in [3.63, 3.8) is 0 Å². The van der Waals surface area contributed by atoms with E-state index in [1.807, 2.05) is 55.7 Å². The van der Waals surface area contributed by atoms with Crippen LogP contribution in [0.15, 0.2) is 54.9 Å². The lowest BCUT2D eigenvalue weighted by atomic mass is 10.1. The van der Waals surface area contributed by atoms with Crippen LogP contribution in [0.4, 0.5) is 0 Å². The van der Waals surface area contributed by atoms with E-state index in [1.54, 1.807) is 18.0 Å². The molecule has 168 valence electrons. The Morgan fingerprint density at radius 1 is 1.03 bits per heavy atom. The van der Waals surface area contributed by atoms with Crippen LogP contribution in [0.5, 0.6) is 5.75 Å². The predicted molar refractivity (Wildman–Crippen MR) is 127 cm³/mol. The van der Waals surface area contributed by atoms with E-state index in [0.717, 1.165) is 39.1 Å². The molecular formula is C24H20N8O2. The average Bonchev–Trinajstić information content (AvgIpc) is 3.59. The van der Waals surface area contributed by atoms with Crippen LogP contribution in [0.3, 0.4) is 0 Å². The van der Waals surface area contributed by atoms with E-state index < -0.39 is 0 Å². The van der Waals surface area contributed by atoms with Gasteiger partial charge < -0.3 is 14.8 Å². The fraction of sp³-hybridized carbons (Fsp3) is 0.125. The fourth-order valence-electron chi connectivity index (χ4n) is 4.11. The highest BCUT2D eigenvalue weighted by Gasteiger charge is 2.18. The Hall–Kier alpha value is -4.57. The largest absolute Gasteiger partial charge is 0.497 e. The summed E-state index contributed by atoms with van der Waals surface area (Å²) in [5, 5.41) is 21.5. The molecule has 0 atom stereocenters. The molecule has 1 aromatic carbocycles. The molecule has 6 aromatic rings. The van der Waals surface area contributed by atoms with E-state index in [0.29, 0.717) is 28.4 Å². The Labute approximate surface area is 193 Å². The van der Waals surface area contributed by atoms with Gasteiger partial charge in [0.05, 0.1) is 41.8 Å². The number of benzene rings is 1. The molecule has 5 aromatic heterocycles. The van der Waals surface area contributed by atoms with Crippen molar-refractivity contribution in [2.24, 2.45) is 7.05 Å². The number of ether oxygens (including phenoxy) is 1. The number of aliphatic hydroxyl groups excluding tert-OH is 1. The summed E-state index contributed by atoms with van der Waals surface area (Å²) in [6, 6.07) is 13.4. The minimum absolute atomic E-state index is 0.169. The molecule has 10 nitrogen and oxygen atoms in total. The number of H-pyrrole nitrogens is 2. The Bertz CT molecular complexity index is 1660. The predicted octanol–water partition coefficient (Wildman–Crippen LogP) is 3.46. The summed E-state index contributed by atoms with van der Waals surface area (Å²) in [6.45, 7) is -0.169. The molecular weight excluding hydrogens is 432 g/mol. The lowest BCUT2D eigenvalue weighted by molar-refractivity contribution is 0.276. The van der Waals surface area contributed by atoms with Crippen LogP contribution >= 0.6 is 0 Å². The number of aryl methyl sites for hydroxylation is 1. The maximum atomic E-state index is 9.68. The number of aliphatic hydroxyl groups is 1. The van der Waals surface area contributed by atoms with Gasteiger partial charge in [-0.1, -0.05) is 12.1 Å². The Morgan fingerprint density at radius 2 is 1.91 bits per heavy atom. The SMILES string of the molecule is COc1cccc(-c2nccc3[nH]c(-c4n[nH]c5ccc(-c6cn(C)nc6CO)nc45)nc23)c1. The normalized spacial score (nSPS) is 11.5. The molecule has 0 amide bonds. The van der Waals surface area contributed by atoms with Gasteiger partial charge in [-0.25, -0.2) is 9.97 Å². The first kappa shape index (κ1) is 20.1. The van der Waals surface area contributed by atoms with Gasteiger partial charge >= 0.3 is 0 Å². The number of rotatable bonds is 5. The summed E-state index contributed by atoms with van der Waals surface area (Å²) in [5.41, 5.74) is 7.29. The molecule has 0 aliphatic carbocycles. The number of hydrogen-bond donors (Lipinski definition) is 3. The summed E-state index contributed by atoms with van der Waals surface area (Å²) in [6.07, 6.45) is 3.59. The zero-order valence-electron chi connectivity index (χ0n) is 18.4. The maximum Gasteiger partial charge on any atom is 0.161 e. The van der Waals surface area contributed by atoms with Crippen molar-refractivity contribution in [3.05, 3.63) is 60.6 Å². The smallest absolute Gasteiger partial charge is 0.161 e. The van der Waals surface area contributed by atoms with Crippen molar-refractivity contribution in [1.29, 1.82) is 0 Å². The average molecular weight is 452 g/mol. The van der Waals surface area contributed by atoms with Crippen LogP contribution in [0.25, 0.3) is 56.1 Å². The third kappa shape index (κ3) is 3.20. The second-order valence-corrected chi connectivity index (χ2v) is 7.86. The summed E-state index contributed by atoms with van der Waals surface area (Å²) >= 11 is 0. The van der Waals surface area contributed by atoms with Crippen molar-refractivity contribution in [3.8, 4) is 39.8 Å². The van der Waals surface area contributed by atoms with Crippen LogP contribution in [0.1, 0.15) is 5.69 Å². The Balaban J connectivity index is 1.49. The quantitative estimate of drug-likeness (QED) is 0.365. The number of pyridine rings is 2. The third-order valence-corrected chi connectivity index (χ3v) is 5.71. The van der Waals surface area contributed by atoms with Crippen molar-refractivity contribution >= 4 is 22.1 Å². The Kier molecular flexibility index (Phi) is 4.59. The molecule has 0 fully saturated rings. The number of imidazole rings is 1.